The van der Waals surface area contributed by atoms with Gasteiger partial charge in [-0.3, -0.25) is 20.2 Å². The predicted octanol–water partition coefficient (Wildman–Crippen LogP) is 27.9. The van der Waals surface area contributed by atoms with Crippen LogP contribution in [0.5, 0.6) is 0 Å². The van der Waals surface area contributed by atoms with Gasteiger partial charge in [-0.15, -0.1) is 44.3 Å². The van der Waals surface area contributed by atoms with E-state index in [9.17, 15) is 20.2 Å². The minimum Gasteiger partial charge on any atom is -0.423 e. The second-order valence-electron chi connectivity index (χ2n) is 35.9. The molecule has 3 N–H and O–H groups in total. The Morgan fingerprint density at radius 1 is 0.293 bits per heavy atom. The van der Waals surface area contributed by atoms with Gasteiger partial charge in [0.1, 0.15) is 0 Å². The Bertz CT molecular complexity index is 9190. The minimum atomic E-state index is -1.80. The summed E-state index contributed by atoms with van der Waals surface area (Å²) in [6, 6.07) is 189. The van der Waals surface area contributed by atoms with Crippen LogP contribution in [-0.4, -0.2) is 45.7 Å². The summed E-state index contributed by atoms with van der Waals surface area (Å²) < 4.78 is 8.32. The quantitative estimate of drug-likeness (QED) is 0.0343. The molecule has 3 unspecified atom stereocenters. The molecule has 695 valence electrons. The Labute approximate surface area is 935 Å². The van der Waals surface area contributed by atoms with E-state index in [0.717, 1.165) is 82.3 Å². The molecule has 18 heteroatoms. The van der Waals surface area contributed by atoms with Crippen molar-refractivity contribution in [1.29, 1.82) is 0 Å². The van der Waals surface area contributed by atoms with Crippen LogP contribution in [0.25, 0.3) is 115 Å². The Hall–Kier alpha value is -14.2. The molecule has 0 saturated heterocycles. The summed E-state index contributed by atoms with van der Waals surface area (Å²) in [5.74, 6) is 0. The number of rotatable bonds is 13. The molecule has 0 aliphatic carbocycles. The van der Waals surface area contributed by atoms with E-state index in [2.05, 4.69) is 447 Å². The minimum absolute atomic E-state index is 0. The SMILES string of the molecule is Brc1cc[c-]c(C2(c3[c-]cccc3)c3ccccc3-n3c4ccccc4c4cccc2c43)c1.O=[N+]([O-])c1ccccc1-c1cc[c-]c(C2(c3[c-]cccc3)c3ccccc3-n3c4ccccc4c4cccc2c43)c1.O=[N+]([O-])c1ccccc1B(O)O.[Y].[Y].[Y].[c-]1ccccc1C1(c2[c-]cc3[nH]c4ccccc4c3c2)c2ccccc2-n2c3ccccc3c3cccc1c32.c1ccc(P(c2ccccc2)c2ccccc2)cc1. The van der Waals surface area contributed by atoms with E-state index in [1.54, 1.807) is 12.1 Å². The number of aromatic amines is 1. The van der Waals surface area contributed by atoms with Gasteiger partial charge in [0.2, 0.25) is 0 Å². The zero-order chi connectivity index (χ0) is 97.2. The molecule has 12 nitrogen and oxygen atoms in total. The third-order valence-electron chi connectivity index (χ3n) is 28.4. The van der Waals surface area contributed by atoms with Crippen LogP contribution < -0.4 is 21.4 Å². The van der Waals surface area contributed by atoms with Crippen LogP contribution in [0.3, 0.4) is 0 Å². The number of benzene rings is 21. The van der Waals surface area contributed by atoms with E-state index in [1.165, 1.54) is 139 Å². The van der Waals surface area contributed by atoms with Gasteiger partial charge in [0.15, 0.2) is 0 Å². The molecule has 3 aliphatic rings. The summed E-state index contributed by atoms with van der Waals surface area (Å²) in [6.07, 6.45) is 0. The van der Waals surface area contributed by atoms with Gasteiger partial charge >= 0.3 is 7.12 Å². The maximum Gasteiger partial charge on any atom is 0.495 e. The number of nitrogens with one attached hydrogen (secondary N) is 1. The van der Waals surface area contributed by atoms with Crippen molar-refractivity contribution in [3.8, 4) is 28.2 Å². The van der Waals surface area contributed by atoms with E-state index in [1.807, 2.05) is 72.8 Å². The molecule has 0 spiro atoms. The van der Waals surface area contributed by atoms with Crippen LogP contribution in [0, 0.1) is 56.6 Å². The number of hydrogen-bond donors (Lipinski definition) is 3. The molecule has 0 fully saturated rings. The molecule has 3 atom stereocenters. The number of fused-ring (bicyclic) bond motifs is 18. The van der Waals surface area contributed by atoms with Crippen LogP contribution in [0.4, 0.5) is 11.4 Å². The Kier molecular flexibility index (Phi) is 28.2. The third kappa shape index (κ3) is 16.8. The largest absolute Gasteiger partial charge is 0.495 e. The number of para-hydroxylation sites is 12. The molecule has 28 rings (SSSR count). The molecule has 21 aromatic carbocycles. The number of nitrogens with zero attached hydrogens (tertiary/aromatic N) is 5. The maximum absolute atomic E-state index is 12.0. The van der Waals surface area contributed by atoms with Crippen molar-refractivity contribution in [3.63, 3.8) is 0 Å². The second-order valence-corrected chi connectivity index (χ2v) is 39.0. The normalized spacial score (nSPS) is 14.6. The van der Waals surface area contributed by atoms with Gasteiger partial charge < -0.3 is 28.7 Å². The smallest absolute Gasteiger partial charge is 0.423 e. The van der Waals surface area contributed by atoms with Gasteiger partial charge in [0.05, 0.1) is 65.5 Å². The predicted molar refractivity (Wildman–Crippen MR) is 588 cm³/mol. The fourth-order valence-corrected chi connectivity index (χ4v) is 25.3. The van der Waals surface area contributed by atoms with Crippen LogP contribution in [0.15, 0.2) is 490 Å². The van der Waals surface area contributed by atoms with Gasteiger partial charge in [-0.05, 0) is 111 Å². The molecule has 0 bridgehead atoms. The summed E-state index contributed by atoms with van der Waals surface area (Å²) in [5.41, 5.74) is 25.8. The zero-order valence-corrected chi connectivity index (χ0v) is 90.1. The average molecular weight is 2200 g/mol. The monoisotopic (exact) mass is 2200 g/mol. The molecule has 0 saturated carbocycles. The molecule has 0 amide bonds. The molecule has 3 radical (unpaired) electrons. The number of H-pyrrole nitrogens is 1. The number of halogens is 1. The van der Waals surface area contributed by atoms with Crippen LogP contribution in [0.1, 0.15) is 66.8 Å². The van der Waals surface area contributed by atoms with Crippen molar-refractivity contribution < 1.29 is 118 Å². The standard InChI is InChI=1S/C37H22N2O2.C37H22N2.C31H18BrN.C18H15P.C6H6BNO4.3Y/c40-39(41)34-22-8-4-16-28(34)25-12-10-15-27(24-25)37(26-13-2-1-3-14-26)31-19-6-9-23-35(31)38-33-21-7-5-17-29(33)30-18-11-20-32(37)36(30)38;1-2-11-24(12-3-1)37(25-21-22-33-29(23-25)26-13-4-7-18-32(26)38-33)30-16-6-9-20-35(30)39-34-19-8-5-14-27(34)28-15-10-17-31(37)36(28)39;32-23-13-8-12-22(20-23)31(21-10-2-1-3-11-21)26-16-5-7-19-29(26)33-28-18-6-4-14-24(28)25-15-9-17-27(31)30(25)33;1-4-10-16(11-5-1)19(17-12-6-2-7-13-17)18-14-8-3-9-15-18;9-7(10)5-3-1-2-4-6(5)8(11)12;;;/h1-13,16-24H;1-11,13-20,22-23,38H;1-10,13-20H;1-15H;1-4,9-10H;;;/q3*-2;;;;;. The van der Waals surface area contributed by atoms with Gasteiger partial charge in [-0.25, -0.2) is 0 Å². The first-order valence-corrected chi connectivity index (χ1v) is 49.8. The first kappa shape index (κ1) is 98.8. The van der Waals surface area contributed by atoms with Crippen LogP contribution in [0.2, 0.25) is 0 Å². The van der Waals surface area contributed by atoms with Crippen molar-refractivity contribution >= 4 is 151 Å². The van der Waals surface area contributed by atoms with E-state index in [-0.39, 0.29) is 120 Å². The average Bonchev–Trinajstić information content (AvgIpc) is 1.60. The first-order valence-electron chi connectivity index (χ1n) is 47.6. The van der Waals surface area contributed by atoms with Crippen molar-refractivity contribution in [1.82, 2.24) is 18.7 Å². The summed E-state index contributed by atoms with van der Waals surface area (Å²) in [6.45, 7) is 0. The molecular weight excluding hydrogens is 2120 g/mol. The third-order valence-corrected chi connectivity index (χ3v) is 31.3. The fourth-order valence-electron chi connectivity index (χ4n) is 22.6. The van der Waals surface area contributed by atoms with Crippen molar-refractivity contribution in [2.75, 3.05) is 0 Å². The second kappa shape index (κ2) is 42.0. The summed E-state index contributed by atoms with van der Waals surface area (Å²) in [7, 11) is -2.25. The van der Waals surface area contributed by atoms with Gasteiger partial charge in [-0.2, -0.15) is 158 Å². The number of aromatic nitrogens is 4. The van der Waals surface area contributed by atoms with Gasteiger partial charge in [0, 0.05) is 170 Å². The van der Waals surface area contributed by atoms with Crippen molar-refractivity contribution in [3.05, 3.63) is 613 Å². The number of nitro groups is 2. The van der Waals surface area contributed by atoms with Gasteiger partial charge in [0.25, 0.3) is 11.4 Å². The summed E-state index contributed by atoms with van der Waals surface area (Å²) in [4.78, 5) is 24.9. The van der Waals surface area contributed by atoms with E-state index < -0.39 is 36.2 Å². The fraction of sp³-hybridized carbons (Fsp3) is 0.0233. The number of hydrogen-bond acceptors (Lipinski definition) is 6. The van der Waals surface area contributed by atoms with E-state index in [4.69, 9.17) is 10.0 Å². The molecule has 7 heterocycles. The number of nitro benzene ring substituents is 2. The topological polar surface area (TPSA) is 157 Å². The Morgan fingerprint density at radius 2 is 0.633 bits per heavy atom. The molecule has 147 heavy (non-hydrogen) atoms. The van der Waals surface area contributed by atoms with Crippen LogP contribution in [-0.2, 0) is 114 Å². The van der Waals surface area contributed by atoms with Crippen LogP contribution >= 0.6 is 23.9 Å². The zero-order valence-electron chi connectivity index (χ0n) is 79.1. The van der Waals surface area contributed by atoms with E-state index >= 15 is 0 Å². The summed E-state index contributed by atoms with van der Waals surface area (Å²) >= 11 is 3.73. The first-order chi connectivity index (χ1) is 70.9. The van der Waals surface area contributed by atoms with Crippen molar-refractivity contribution in [2.45, 2.75) is 16.2 Å². The Balaban J connectivity index is 0.000000113. The van der Waals surface area contributed by atoms with Gasteiger partial charge in [-0.1, -0.05) is 329 Å². The maximum atomic E-state index is 12.0. The van der Waals surface area contributed by atoms with E-state index in [0.29, 0.717) is 5.56 Å². The molecule has 3 aliphatic heterocycles. The van der Waals surface area contributed by atoms with Crippen molar-refractivity contribution in [2.24, 2.45) is 0 Å². The Morgan fingerprint density at radius 3 is 1.05 bits per heavy atom. The molecule has 4 aromatic heterocycles. The molecule has 25 aromatic rings. The summed E-state index contributed by atoms with van der Waals surface area (Å²) in [5, 5.41) is 53.8. The molecular formula is C129H83BBrN6O6PY3-6.